The zero-order valence-corrected chi connectivity index (χ0v) is 21.5. The first-order valence-corrected chi connectivity index (χ1v) is 13.1. The van der Waals surface area contributed by atoms with Crippen molar-refractivity contribution < 1.29 is 4.79 Å². The van der Waals surface area contributed by atoms with Crippen molar-refractivity contribution >= 4 is 33.6 Å². The number of aryl methyl sites for hydroxylation is 1. The zero-order valence-electron chi connectivity index (χ0n) is 20.7. The number of benzene rings is 2. The summed E-state index contributed by atoms with van der Waals surface area (Å²) in [5.41, 5.74) is 6.96. The third kappa shape index (κ3) is 5.99. The third-order valence-corrected chi connectivity index (χ3v) is 7.41. The number of carbonyl (C=O) groups is 1. The minimum Gasteiger partial charge on any atom is -0.347 e. The van der Waals surface area contributed by atoms with Gasteiger partial charge in [0, 0.05) is 73.0 Å². The number of anilines is 3. The molecule has 3 heterocycles. The van der Waals surface area contributed by atoms with E-state index in [-0.39, 0.29) is 5.91 Å². The molecule has 1 fully saturated rings. The van der Waals surface area contributed by atoms with Crippen LogP contribution in [0, 0.1) is 6.92 Å². The van der Waals surface area contributed by atoms with Gasteiger partial charge in [0.15, 0.2) is 0 Å². The Morgan fingerprint density at radius 1 is 1.00 bits per heavy atom. The molecule has 0 aliphatic carbocycles. The lowest BCUT2D eigenvalue weighted by Gasteiger charge is -2.32. The number of thiophene rings is 1. The summed E-state index contributed by atoms with van der Waals surface area (Å²) in [5.74, 6) is -0.106. The van der Waals surface area contributed by atoms with Crippen LogP contribution in [0.5, 0.6) is 0 Å². The Bertz CT molecular complexity index is 1310. The first-order chi connectivity index (χ1) is 17.5. The third-order valence-electron chi connectivity index (χ3n) is 6.57. The minimum atomic E-state index is -0.106. The van der Waals surface area contributed by atoms with E-state index in [2.05, 4.69) is 69.0 Å². The Kier molecular flexibility index (Phi) is 7.41. The summed E-state index contributed by atoms with van der Waals surface area (Å²) in [6.45, 7) is 7.35. The molecule has 0 saturated carbocycles. The minimum absolute atomic E-state index is 0.106. The van der Waals surface area contributed by atoms with Gasteiger partial charge in [0.1, 0.15) is 0 Å². The van der Waals surface area contributed by atoms with E-state index in [9.17, 15) is 4.79 Å². The van der Waals surface area contributed by atoms with Gasteiger partial charge >= 0.3 is 0 Å². The molecule has 6 nitrogen and oxygen atoms in total. The fourth-order valence-electron chi connectivity index (χ4n) is 4.28. The molecule has 1 amide bonds. The molecule has 0 unspecified atom stereocenters. The van der Waals surface area contributed by atoms with E-state index < -0.39 is 0 Å². The Labute approximate surface area is 216 Å². The lowest BCUT2D eigenvalue weighted by Crippen LogP contribution is -2.43. The Balaban J connectivity index is 1.22. The van der Waals surface area contributed by atoms with Crippen molar-refractivity contribution in [2.24, 2.45) is 0 Å². The summed E-state index contributed by atoms with van der Waals surface area (Å²) in [7, 11) is 2.17. The Morgan fingerprint density at radius 3 is 2.56 bits per heavy atom. The molecule has 4 aromatic rings. The highest BCUT2D eigenvalue weighted by atomic mass is 32.1. The second kappa shape index (κ2) is 11.0. The Hall–Kier alpha value is -3.52. The maximum Gasteiger partial charge on any atom is 0.255 e. The van der Waals surface area contributed by atoms with Gasteiger partial charge in [-0.05, 0) is 67.1 Å². The number of carbonyl (C=O) groups excluding carboxylic acids is 1. The van der Waals surface area contributed by atoms with Gasteiger partial charge in [-0.3, -0.25) is 14.7 Å². The van der Waals surface area contributed by atoms with Gasteiger partial charge < -0.3 is 15.5 Å². The number of amides is 1. The molecule has 0 spiro atoms. The maximum absolute atomic E-state index is 12.9. The number of aromatic nitrogens is 1. The number of nitrogens with one attached hydrogen (secondary N) is 2. The summed E-state index contributed by atoms with van der Waals surface area (Å²) >= 11 is 1.65. The quantitative estimate of drug-likeness (QED) is 0.335. The second-order valence-corrected chi connectivity index (χ2v) is 10.2. The number of pyridine rings is 1. The van der Waals surface area contributed by atoms with E-state index in [1.165, 1.54) is 5.56 Å². The molecule has 7 heteroatoms. The van der Waals surface area contributed by atoms with E-state index in [0.29, 0.717) is 5.56 Å². The highest BCUT2D eigenvalue weighted by molar-refractivity contribution is 7.14. The fraction of sp³-hybridized carbons (Fsp3) is 0.241. The standard InChI is InChI=1S/C29H31N5OS/c1-21-5-10-26(17-27(21)32-28-16-25(20-36-28)24-4-3-11-30-18-24)31-29(35)23-8-6-22(7-9-23)19-34-14-12-33(2)13-15-34/h3-11,16-18,20,32H,12-15,19H2,1-2H3,(H,31,35). The molecular weight excluding hydrogens is 466 g/mol. The SMILES string of the molecule is Cc1ccc(NC(=O)c2ccc(CN3CCN(C)CC3)cc2)cc1Nc1cc(-c2cccnc2)cs1. The molecule has 2 N–H and O–H groups in total. The van der Waals surface area contributed by atoms with Crippen LogP contribution in [-0.4, -0.2) is 53.9 Å². The van der Waals surface area contributed by atoms with Crippen LogP contribution in [0.1, 0.15) is 21.5 Å². The van der Waals surface area contributed by atoms with Gasteiger partial charge in [-0.25, -0.2) is 0 Å². The predicted molar refractivity (Wildman–Crippen MR) is 149 cm³/mol. The molecule has 5 rings (SSSR count). The molecule has 0 radical (unpaired) electrons. The molecule has 2 aromatic carbocycles. The molecular formula is C29H31N5OS. The molecule has 1 aliphatic rings. The lowest BCUT2D eigenvalue weighted by atomic mass is 10.1. The van der Waals surface area contributed by atoms with Crippen molar-refractivity contribution in [1.82, 2.24) is 14.8 Å². The van der Waals surface area contributed by atoms with Crippen LogP contribution in [0.15, 0.2) is 78.4 Å². The van der Waals surface area contributed by atoms with Crippen molar-refractivity contribution in [2.75, 3.05) is 43.9 Å². The van der Waals surface area contributed by atoms with Crippen LogP contribution in [0.3, 0.4) is 0 Å². The smallest absolute Gasteiger partial charge is 0.255 e. The van der Waals surface area contributed by atoms with Gasteiger partial charge in [-0.15, -0.1) is 11.3 Å². The summed E-state index contributed by atoms with van der Waals surface area (Å²) in [4.78, 5) is 21.9. The molecule has 0 bridgehead atoms. The average Bonchev–Trinajstić information content (AvgIpc) is 3.37. The molecule has 2 aromatic heterocycles. The fourth-order valence-corrected chi connectivity index (χ4v) is 5.10. The van der Waals surface area contributed by atoms with Crippen molar-refractivity contribution in [2.45, 2.75) is 13.5 Å². The highest BCUT2D eigenvalue weighted by Crippen LogP contribution is 2.32. The van der Waals surface area contributed by atoms with Gasteiger partial charge in [0.05, 0.1) is 5.00 Å². The van der Waals surface area contributed by atoms with Crippen LogP contribution < -0.4 is 10.6 Å². The summed E-state index contributed by atoms with van der Waals surface area (Å²) in [6, 6.07) is 20.0. The molecule has 1 aliphatic heterocycles. The van der Waals surface area contributed by atoms with E-state index in [1.807, 2.05) is 42.6 Å². The number of likely N-dealkylation sites (N-methyl/N-ethyl adjacent to an activating group) is 1. The average molecular weight is 498 g/mol. The molecule has 1 saturated heterocycles. The summed E-state index contributed by atoms with van der Waals surface area (Å²) in [6.07, 6.45) is 3.65. The van der Waals surface area contributed by atoms with Crippen LogP contribution >= 0.6 is 11.3 Å². The van der Waals surface area contributed by atoms with Crippen LogP contribution in [0.4, 0.5) is 16.4 Å². The van der Waals surface area contributed by atoms with E-state index in [1.54, 1.807) is 17.5 Å². The van der Waals surface area contributed by atoms with Gasteiger partial charge in [-0.2, -0.15) is 0 Å². The summed E-state index contributed by atoms with van der Waals surface area (Å²) in [5, 5.41) is 9.71. The first-order valence-electron chi connectivity index (χ1n) is 12.2. The molecule has 36 heavy (non-hydrogen) atoms. The first kappa shape index (κ1) is 24.2. The van der Waals surface area contributed by atoms with Crippen molar-refractivity contribution in [3.63, 3.8) is 0 Å². The van der Waals surface area contributed by atoms with Gasteiger partial charge in [0.2, 0.25) is 0 Å². The number of hydrogen-bond acceptors (Lipinski definition) is 6. The van der Waals surface area contributed by atoms with Gasteiger partial charge in [-0.1, -0.05) is 24.3 Å². The van der Waals surface area contributed by atoms with E-state index in [4.69, 9.17) is 0 Å². The van der Waals surface area contributed by atoms with E-state index >= 15 is 0 Å². The predicted octanol–water partition coefficient (Wildman–Crippen LogP) is 5.86. The number of nitrogens with zero attached hydrogens (tertiary/aromatic N) is 3. The van der Waals surface area contributed by atoms with Crippen LogP contribution in [-0.2, 0) is 6.54 Å². The largest absolute Gasteiger partial charge is 0.347 e. The van der Waals surface area contributed by atoms with Crippen molar-refractivity contribution in [1.29, 1.82) is 0 Å². The van der Waals surface area contributed by atoms with E-state index in [0.717, 1.165) is 65.8 Å². The second-order valence-electron chi connectivity index (χ2n) is 9.33. The molecule has 184 valence electrons. The van der Waals surface area contributed by atoms with Crippen LogP contribution in [0.25, 0.3) is 11.1 Å². The monoisotopic (exact) mass is 497 g/mol. The number of hydrogen-bond donors (Lipinski definition) is 2. The molecule has 0 atom stereocenters. The van der Waals surface area contributed by atoms with Crippen molar-refractivity contribution in [3.05, 3.63) is 95.1 Å². The summed E-state index contributed by atoms with van der Waals surface area (Å²) < 4.78 is 0. The van der Waals surface area contributed by atoms with Crippen LogP contribution in [0.2, 0.25) is 0 Å². The zero-order chi connectivity index (χ0) is 24.9. The van der Waals surface area contributed by atoms with Crippen molar-refractivity contribution in [3.8, 4) is 11.1 Å². The highest BCUT2D eigenvalue weighted by Gasteiger charge is 2.14. The topological polar surface area (TPSA) is 60.5 Å². The maximum atomic E-state index is 12.9. The van der Waals surface area contributed by atoms with Gasteiger partial charge in [0.25, 0.3) is 5.91 Å². The number of rotatable bonds is 7. The Morgan fingerprint density at radius 2 is 1.81 bits per heavy atom. The number of piperazine rings is 1. The normalized spacial score (nSPS) is 14.5. The lowest BCUT2D eigenvalue weighted by molar-refractivity contribution is 0.102.